The van der Waals surface area contributed by atoms with E-state index >= 15 is 8.78 Å². The molecule has 2 N–H and O–H groups in total. The molecule has 2 aliphatic heterocycles. The quantitative estimate of drug-likeness (QED) is 0.293. The Bertz CT molecular complexity index is 1350. The van der Waals surface area contributed by atoms with E-state index < -0.39 is 35.7 Å². The van der Waals surface area contributed by atoms with Crippen molar-refractivity contribution in [1.29, 1.82) is 0 Å². The molecule has 2 aromatic carbocycles. The summed E-state index contributed by atoms with van der Waals surface area (Å²) in [6, 6.07) is 7.05. The van der Waals surface area contributed by atoms with Crippen molar-refractivity contribution in [1.82, 2.24) is 15.1 Å². The molecule has 248 valence electrons. The van der Waals surface area contributed by atoms with Gasteiger partial charge >= 0.3 is 6.18 Å². The number of piperazine rings is 1. The fourth-order valence-electron chi connectivity index (χ4n) is 6.00. The van der Waals surface area contributed by atoms with Gasteiger partial charge in [-0.05, 0) is 69.6 Å². The van der Waals surface area contributed by atoms with Crippen molar-refractivity contribution in [2.24, 2.45) is 11.8 Å². The normalized spacial score (nSPS) is 18.8. The number of alkyl halides is 3. The summed E-state index contributed by atoms with van der Waals surface area (Å²) in [4.78, 5) is 31.7. The molecule has 0 bridgehead atoms. The second kappa shape index (κ2) is 15.1. The molecule has 0 aromatic heterocycles. The number of nitrogens with zero attached hydrogens (tertiary/aromatic N) is 3. The van der Waals surface area contributed by atoms with E-state index in [0.29, 0.717) is 55.3 Å². The summed E-state index contributed by atoms with van der Waals surface area (Å²) in [5.41, 5.74) is 0.269. The minimum Gasteiger partial charge on any atom is -0.367 e. The molecule has 2 fully saturated rings. The number of hydrogen-bond donors (Lipinski definition) is 2. The molecule has 2 aliphatic rings. The van der Waals surface area contributed by atoms with E-state index in [4.69, 9.17) is 11.6 Å². The van der Waals surface area contributed by atoms with Crippen LogP contribution in [-0.2, 0) is 11.3 Å². The summed E-state index contributed by atoms with van der Waals surface area (Å²) in [6.45, 7) is 6.46. The Hall–Kier alpha value is -2.96. The minimum atomic E-state index is -4.25. The van der Waals surface area contributed by atoms with Crippen molar-refractivity contribution in [2.75, 3.05) is 56.5 Å². The first-order valence-corrected chi connectivity index (χ1v) is 15.7. The third kappa shape index (κ3) is 9.52. The maximum atomic E-state index is 15.2. The Morgan fingerprint density at radius 1 is 1.02 bits per heavy atom. The Kier molecular flexibility index (Phi) is 11.7. The van der Waals surface area contributed by atoms with E-state index in [-0.39, 0.29) is 42.4 Å². The lowest BCUT2D eigenvalue weighted by Crippen LogP contribution is -2.54. The lowest BCUT2D eigenvalue weighted by molar-refractivity contribution is -0.139. The Labute approximate surface area is 266 Å². The van der Waals surface area contributed by atoms with Crippen LogP contribution in [0.15, 0.2) is 30.3 Å². The van der Waals surface area contributed by atoms with Crippen LogP contribution in [-0.4, -0.2) is 80.1 Å². The zero-order valence-corrected chi connectivity index (χ0v) is 26.6. The molecule has 2 saturated heterocycles. The second-order valence-electron chi connectivity index (χ2n) is 12.4. The van der Waals surface area contributed by atoms with Crippen LogP contribution in [0, 0.1) is 23.5 Å². The molecule has 2 aromatic rings. The molecule has 0 spiro atoms. The highest BCUT2D eigenvalue weighted by Gasteiger charge is 2.33. The lowest BCUT2D eigenvalue weighted by Gasteiger charge is -2.43. The van der Waals surface area contributed by atoms with Crippen molar-refractivity contribution in [3.8, 4) is 0 Å². The number of amides is 2. The van der Waals surface area contributed by atoms with Crippen LogP contribution in [0.3, 0.4) is 0 Å². The first-order chi connectivity index (χ1) is 21.2. The predicted octanol–water partition coefficient (Wildman–Crippen LogP) is 6.32. The highest BCUT2D eigenvalue weighted by Crippen LogP contribution is 2.33. The Morgan fingerprint density at radius 2 is 1.73 bits per heavy atom. The number of benzene rings is 2. The third-order valence-corrected chi connectivity index (χ3v) is 8.76. The number of rotatable bonds is 10. The minimum absolute atomic E-state index is 0.0721. The topological polar surface area (TPSA) is 67.9 Å². The molecule has 13 heteroatoms. The van der Waals surface area contributed by atoms with Gasteiger partial charge in [-0.25, -0.2) is 8.78 Å². The molecule has 45 heavy (non-hydrogen) atoms. The maximum Gasteiger partial charge on any atom is 0.390 e. The SMILES string of the molecule is CC(C)C[C@H]1CN(c2cc(Cl)ccc2NC(=O)c2ccc(CNC(=O)C3CCN(C)CC3)c(F)c2F)CCN1CCC(F)(F)F. The summed E-state index contributed by atoms with van der Waals surface area (Å²) in [6.07, 6.45) is -3.09. The molecule has 0 saturated carbocycles. The highest BCUT2D eigenvalue weighted by atomic mass is 35.5. The van der Waals surface area contributed by atoms with E-state index in [2.05, 4.69) is 15.5 Å². The van der Waals surface area contributed by atoms with Crippen molar-refractivity contribution in [2.45, 2.75) is 58.3 Å². The largest absolute Gasteiger partial charge is 0.390 e. The monoisotopic (exact) mass is 657 g/mol. The molecule has 2 amide bonds. The molecule has 7 nitrogen and oxygen atoms in total. The van der Waals surface area contributed by atoms with Crippen LogP contribution in [0.1, 0.15) is 55.5 Å². The Morgan fingerprint density at radius 3 is 2.40 bits per heavy atom. The number of hydrogen-bond acceptors (Lipinski definition) is 5. The van der Waals surface area contributed by atoms with Crippen LogP contribution >= 0.6 is 11.6 Å². The van der Waals surface area contributed by atoms with Gasteiger partial charge in [-0.15, -0.1) is 0 Å². The van der Waals surface area contributed by atoms with Gasteiger partial charge < -0.3 is 20.4 Å². The van der Waals surface area contributed by atoms with Crippen LogP contribution < -0.4 is 15.5 Å². The highest BCUT2D eigenvalue weighted by molar-refractivity contribution is 6.31. The fraction of sp³-hybridized carbons (Fsp3) is 0.562. The van der Waals surface area contributed by atoms with E-state index in [1.165, 1.54) is 12.1 Å². The summed E-state index contributed by atoms with van der Waals surface area (Å²) in [7, 11) is 1.98. The number of anilines is 2. The molecule has 0 radical (unpaired) electrons. The molecule has 0 aliphatic carbocycles. The second-order valence-corrected chi connectivity index (χ2v) is 12.9. The van der Waals surface area contributed by atoms with Gasteiger partial charge in [0.2, 0.25) is 5.91 Å². The van der Waals surface area contributed by atoms with Crippen molar-refractivity contribution < 1.29 is 31.5 Å². The zero-order chi connectivity index (χ0) is 32.9. The van der Waals surface area contributed by atoms with Gasteiger partial charge in [-0.2, -0.15) is 13.2 Å². The number of carbonyl (C=O) groups excluding carboxylic acids is 2. The fourth-order valence-corrected chi connectivity index (χ4v) is 6.17. The predicted molar refractivity (Wildman–Crippen MR) is 166 cm³/mol. The lowest BCUT2D eigenvalue weighted by atomic mass is 9.96. The zero-order valence-electron chi connectivity index (χ0n) is 25.8. The molecule has 4 rings (SSSR count). The molecule has 0 unspecified atom stereocenters. The van der Waals surface area contributed by atoms with Crippen molar-refractivity contribution >= 4 is 34.8 Å². The molecule has 1 atom stereocenters. The number of piperidine rings is 1. The summed E-state index contributed by atoms with van der Waals surface area (Å²) >= 11 is 6.29. The van der Waals surface area contributed by atoms with E-state index in [1.807, 2.05) is 30.7 Å². The maximum absolute atomic E-state index is 15.2. The van der Waals surface area contributed by atoms with Gasteiger partial charge in [0.25, 0.3) is 5.91 Å². The third-order valence-electron chi connectivity index (χ3n) is 8.53. The van der Waals surface area contributed by atoms with Gasteiger partial charge in [0.05, 0.1) is 23.4 Å². The van der Waals surface area contributed by atoms with Gasteiger partial charge in [-0.3, -0.25) is 14.5 Å². The molecular weight excluding hydrogens is 617 g/mol. The van der Waals surface area contributed by atoms with Gasteiger partial charge in [0.15, 0.2) is 11.6 Å². The number of halogens is 6. The average Bonchev–Trinajstić information content (AvgIpc) is 2.97. The van der Waals surface area contributed by atoms with Crippen LogP contribution in [0.2, 0.25) is 5.02 Å². The van der Waals surface area contributed by atoms with Gasteiger partial charge in [-0.1, -0.05) is 31.5 Å². The average molecular weight is 658 g/mol. The smallest absolute Gasteiger partial charge is 0.367 e. The van der Waals surface area contributed by atoms with Crippen molar-refractivity contribution in [3.05, 3.63) is 58.1 Å². The Balaban J connectivity index is 1.46. The van der Waals surface area contributed by atoms with E-state index in [0.717, 1.165) is 13.1 Å². The van der Waals surface area contributed by atoms with Gasteiger partial charge in [0, 0.05) is 55.3 Å². The number of carbonyl (C=O) groups is 2. The van der Waals surface area contributed by atoms with Crippen LogP contribution in [0.5, 0.6) is 0 Å². The first-order valence-electron chi connectivity index (χ1n) is 15.3. The van der Waals surface area contributed by atoms with Crippen molar-refractivity contribution in [3.63, 3.8) is 0 Å². The molecule has 2 heterocycles. The summed E-state index contributed by atoms with van der Waals surface area (Å²) < 4.78 is 69.1. The first kappa shape index (κ1) is 34.9. The number of nitrogens with one attached hydrogen (secondary N) is 2. The number of likely N-dealkylation sites (tertiary alicyclic amines) is 1. The summed E-state index contributed by atoms with van der Waals surface area (Å²) in [5.74, 6) is -3.57. The van der Waals surface area contributed by atoms with Crippen LogP contribution in [0.4, 0.5) is 33.3 Å². The van der Waals surface area contributed by atoms with E-state index in [9.17, 15) is 22.8 Å². The van der Waals surface area contributed by atoms with E-state index in [1.54, 1.807) is 18.2 Å². The standard InChI is InChI=1S/C32H41ClF5N5O2/c1-20(2)16-24-19-43(15-14-42(24)13-10-32(36,37)38)27-17-23(33)5-7-26(27)40-31(45)25-6-4-22(28(34)29(25)35)18-39-30(44)21-8-11-41(3)12-9-21/h4-7,17,20-21,24H,8-16,18-19H2,1-3H3,(H,39,44)(H,40,45)/t24-/m0/s1. The van der Waals surface area contributed by atoms with Crippen LogP contribution in [0.25, 0.3) is 0 Å². The summed E-state index contributed by atoms with van der Waals surface area (Å²) in [5, 5.41) is 5.73. The van der Waals surface area contributed by atoms with Gasteiger partial charge in [0.1, 0.15) is 0 Å². The molecular formula is C32H41ClF5N5O2.